The van der Waals surface area contributed by atoms with Crippen LogP contribution in [0.5, 0.6) is 0 Å². The van der Waals surface area contributed by atoms with Gasteiger partial charge in [-0.25, -0.2) is 9.78 Å². The molecule has 2 aromatic rings. The number of aliphatic carboxylic acids is 1. The minimum Gasteiger partial charge on any atom is -0.478 e. The fraction of sp³-hybridized carbons (Fsp3) is 0.143. The Labute approximate surface area is 120 Å². The van der Waals surface area contributed by atoms with Gasteiger partial charge in [0.1, 0.15) is 0 Å². The first-order valence-corrected chi connectivity index (χ1v) is 6.10. The van der Waals surface area contributed by atoms with E-state index in [9.17, 15) is 14.9 Å². The lowest BCUT2D eigenvalue weighted by Gasteiger charge is -2.09. The Balaban J connectivity index is 2.62. The van der Waals surface area contributed by atoms with E-state index in [0.717, 1.165) is 17.5 Å². The third kappa shape index (κ3) is 2.97. The molecule has 0 bridgehead atoms. The normalized spacial score (nSPS) is 11.0. The smallest absolute Gasteiger partial charge is 0.328 e. The molecule has 0 amide bonds. The van der Waals surface area contributed by atoms with Crippen molar-refractivity contribution in [3.63, 3.8) is 0 Å². The standard InChI is InChI=1S/C14H13N3O4/c1-9-10(2)16(8-15-9)13-5-4-12(17(20)21)7-11(13)3-6-14(18)19/h3-8H,1-2H3,(H,18,19). The molecule has 2 rings (SSSR count). The van der Waals surface area contributed by atoms with E-state index >= 15 is 0 Å². The van der Waals surface area contributed by atoms with Crippen LogP contribution in [-0.4, -0.2) is 25.6 Å². The number of hydrogen-bond donors (Lipinski definition) is 1. The molecule has 108 valence electrons. The molecule has 0 saturated carbocycles. The van der Waals surface area contributed by atoms with Crippen LogP contribution in [0.25, 0.3) is 11.8 Å². The van der Waals surface area contributed by atoms with Crippen molar-refractivity contribution in [2.75, 3.05) is 0 Å². The second-order valence-electron chi connectivity index (χ2n) is 4.46. The number of aryl methyl sites for hydroxylation is 1. The molecule has 1 aromatic carbocycles. The molecule has 0 aliphatic carbocycles. The molecule has 0 unspecified atom stereocenters. The van der Waals surface area contributed by atoms with E-state index in [4.69, 9.17) is 5.11 Å². The van der Waals surface area contributed by atoms with Crippen molar-refractivity contribution < 1.29 is 14.8 Å². The van der Waals surface area contributed by atoms with Crippen LogP contribution in [-0.2, 0) is 4.79 Å². The maximum absolute atomic E-state index is 10.9. The number of nitrogens with zero attached hydrogens (tertiary/aromatic N) is 3. The molecule has 0 fully saturated rings. The van der Waals surface area contributed by atoms with Gasteiger partial charge in [-0.3, -0.25) is 10.1 Å². The monoisotopic (exact) mass is 287 g/mol. The van der Waals surface area contributed by atoms with Gasteiger partial charge in [0.2, 0.25) is 0 Å². The van der Waals surface area contributed by atoms with Crippen LogP contribution in [0.3, 0.4) is 0 Å². The van der Waals surface area contributed by atoms with E-state index in [-0.39, 0.29) is 5.69 Å². The summed E-state index contributed by atoms with van der Waals surface area (Å²) in [4.78, 5) is 25.2. The molecule has 21 heavy (non-hydrogen) atoms. The minimum atomic E-state index is -1.12. The van der Waals surface area contributed by atoms with E-state index in [1.807, 2.05) is 13.8 Å². The number of carbonyl (C=O) groups is 1. The van der Waals surface area contributed by atoms with Crippen molar-refractivity contribution in [2.24, 2.45) is 0 Å². The molecular weight excluding hydrogens is 274 g/mol. The lowest BCUT2D eigenvalue weighted by molar-refractivity contribution is -0.384. The maximum Gasteiger partial charge on any atom is 0.328 e. The molecule has 1 heterocycles. The summed E-state index contributed by atoms with van der Waals surface area (Å²) in [6, 6.07) is 4.29. The van der Waals surface area contributed by atoms with Gasteiger partial charge in [0, 0.05) is 29.5 Å². The number of nitro groups is 1. The zero-order chi connectivity index (χ0) is 15.6. The topological polar surface area (TPSA) is 98.3 Å². The molecule has 0 saturated heterocycles. The van der Waals surface area contributed by atoms with Crippen molar-refractivity contribution in [1.29, 1.82) is 0 Å². The average Bonchev–Trinajstić information content (AvgIpc) is 2.76. The van der Waals surface area contributed by atoms with Crippen LogP contribution in [0.15, 0.2) is 30.6 Å². The lowest BCUT2D eigenvalue weighted by Crippen LogP contribution is -2.00. The Morgan fingerprint density at radius 3 is 2.67 bits per heavy atom. The predicted octanol–water partition coefficient (Wildman–Crippen LogP) is 2.50. The van der Waals surface area contributed by atoms with E-state index in [1.54, 1.807) is 17.0 Å². The molecule has 0 radical (unpaired) electrons. The number of benzene rings is 1. The van der Waals surface area contributed by atoms with Crippen molar-refractivity contribution in [3.8, 4) is 5.69 Å². The van der Waals surface area contributed by atoms with Gasteiger partial charge in [-0.2, -0.15) is 0 Å². The maximum atomic E-state index is 10.9. The number of carboxylic acids is 1. The van der Waals surface area contributed by atoms with Crippen molar-refractivity contribution in [3.05, 3.63) is 57.7 Å². The van der Waals surface area contributed by atoms with Crippen LogP contribution < -0.4 is 0 Å². The molecule has 7 heteroatoms. The van der Waals surface area contributed by atoms with Crippen LogP contribution in [0.2, 0.25) is 0 Å². The number of nitro benzene ring substituents is 1. The molecule has 7 nitrogen and oxygen atoms in total. The summed E-state index contributed by atoms with van der Waals surface area (Å²) < 4.78 is 1.76. The Morgan fingerprint density at radius 2 is 2.14 bits per heavy atom. The van der Waals surface area contributed by atoms with Gasteiger partial charge in [0.05, 0.1) is 22.6 Å². The van der Waals surface area contributed by atoms with Crippen LogP contribution in [0.4, 0.5) is 5.69 Å². The zero-order valence-electron chi connectivity index (χ0n) is 11.5. The summed E-state index contributed by atoms with van der Waals surface area (Å²) in [5, 5.41) is 19.6. The SMILES string of the molecule is Cc1ncn(-c2ccc([N+](=O)[O-])cc2C=CC(=O)O)c1C. The van der Waals surface area contributed by atoms with Crippen LogP contribution in [0.1, 0.15) is 17.0 Å². The van der Waals surface area contributed by atoms with Gasteiger partial charge in [-0.05, 0) is 26.0 Å². The van der Waals surface area contributed by atoms with Gasteiger partial charge >= 0.3 is 5.97 Å². The Hall–Kier alpha value is -2.96. The van der Waals surface area contributed by atoms with E-state index in [2.05, 4.69) is 4.98 Å². The first-order chi connectivity index (χ1) is 9.90. The number of aromatic nitrogens is 2. The average molecular weight is 287 g/mol. The summed E-state index contributed by atoms with van der Waals surface area (Å²) in [5.74, 6) is -1.12. The van der Waals surface area contributed by atoms with Gasteiger partial charge in [-0.1, -0.05) is 0 Å². The summed E-state index contributed by atoms with van der Waals surface area (Å²) in [6.45, 7) is 3.72. The first kappa shape index (κ1) is 14.4. The van der Waals surface area contributed by atoms with E-state index in [0.29, 0.717) is 11.3 Å². The largest absolute Gasteiger partial charge is 0.478 e. The Kier molecular flexibility index (Phi) is 3.84. The number of imidazole rings is 1. The minimum absolute atomic E-state index is 0.0988. The van der Waals surface area contributed by atoms with Crippen molar-refractivity contribution >= 4 is 17.7 Å². The molecule has 1 N–H and O–H groups in total. The summed E-state index contributed by atoms with van der Waals surface area (Å²) >= 11 is 0. The van der Waals surface area contributed by atoms with E-state index < -0.39 is 10.9 Å². The predicted molar refractivity (Wildman–Crippen MR) is 76.4 cm³/mol. The summed E-state index contributed by atoms with van der Waals surface area (Å²) in [5.41, 5.74) is 2.69. The summed E-state index contributed by atoms with van der Waals surface area (Å²) in [6.07, 6.45) is 3.88. The molecule has 0 aliphatic heterocycles. The fourth-order valence-electron chi connectivity index (χ4n) is 1.91. The third-order valence-electron chi connectivity index (χ3n) is 3.14. The quantitative estimate of drug-likeness (QED) is 0.529. The summed E-state index contributed by atoms with van der Waals surface area (Å²) in [7, 11) is 0. The second-order valence-corrected chi connectivity index (χ2v) is 4.46. The number of hydrogen-bond acceptors (Lipinski definition) is 4. The van der Waals surface area contributed by atoms with Gasteiger partial charge in [0.25, 0.3) is 5.69 Å². The van der Waals surface area contributed by atoms with Gasteiger partial charge in [0.15, 0.2) is 0 Å². The van der Waals surface area contributed by atoms with Crippen molar-refractivity contribution in [2.45, 2.75) is 13.8 Å². The van der Waals surface area contributed by atoms with Gasteiger partial charge < -0.3 is 9.67 Å². The second kappa shape index (κ2) is 5.58. The molecule has 0 spiro atoms. The highest BCUT2D eigenvalue weighted by molar-refractivity contribution is 5.86. The number of carboxylic acid groups (broad SMARTS) is 1. The molecule has 1 aromatic heterocycles. The highest BCUT2D eigenvalue weighted by Crippen LogP contribution is 2.24. The van der Waals surface area contributed by atoms with Crippen LogP contribution >= 0.6 is 0 Å². The van der Waals surface area contributed by atoms with E-state index in [1.165, 1.54) is 18.2 Å². The molecule has 0 atom stereocenters. The fourth-order valence-corrected chi connectivity index (χ4v) is 1.91. The molecule has 0 aliphatic rings. The van der Waals surface area contributed by atoms with Gasteiger partial charge in [-0.15, -0.1) is 0 Å². The highest BCUT2D eigenvalue weighted by Gasteiger charge is 2.13. The molecular formula is C14H13N3O4. The highest BCUT2D eigenvalue weighted by atomic mass is 16.6. The first-order valence-electron chi connectivity index (χ1n) is 6.10. The Bertz CT molecular complexity index is 747. The third-order valence-corrected chi connectivity index (χ3v) is 3.14. The number of rotatable bonds is 4. The Morgan fingerprint density at radius 1 is 1.43 bits per heavy atom. The number of non-ortho nitro benzene ring substituents is 1. The van der Waals surface area contributed by atoms with Crippen molar-refractivity contribution in [1.82, 2.24) is 9.55 Å². The lowest BCUT2D eigenvalue weighted by atomic mass is 10.1. The van der Waals surface area contributed by atoms with Crippen LogP contribution in [0, 0.1) is 24.0 Å². The zero-order valence-corrected chi connectivity index (χ0v) is 11.5.